The molecule has 0 saturated heterocycles. The summed E-state index contributed by atoms with van der Waals surface area (Å²) in [5.41, 5.74) is 3.96. The van der Waals surface area contributed by atoms with Gasteiger partial charge in [-0.3, -0.25) is 0 Å². The lowest BCUT2D eigenvalue weighted by atomic mass is 10.3. The lowest BCUT2D eigenvalue weighted by Crippen LogP contribution is -2.16. The first kappa shape index (κ1) is 15.8. The van der Waals surface area contributed by atoms with Crippen molar-refractivity contribution >= 4 is 17.6 Å². The van der Waals surface area contributed by atoms with Crippen LogP contribution in [0.1, 0.15) is 27.7 Å². The Morgan fingerprint density at radius 3 is 2.00 bits per heavy atom. The number of halogens is 3. The summed E-state index contributed by atoms with van der Waals surface area (Å²) in [6, 6.07) is 1.14. The average Bonchev–Trinajstić information content (AvgIpc) is 1.96. The van der Waals surface area contributed by atoms with Crippen LogP contribution in [0.15, 0.2) is 15.6 Å². The molecule has 0 radical (unpaired) electrons. The summed E-state index contributed by atoms with van der Waals surface area (Å²) in [6.07, 6.45) is -4.72. The fraction of sp³-hybridized carbons (Fsp3) is 0.600. The van der Waals surface area contributed by atoms with Crippen LogP contribution in [0.3, 0.4) is 0 Å². The van der Waals surface area contributed by atoms with Crippen LogP contribution in [-0.4, -0.2) is 16.8 Å². The number of nitrogens with two attached hydrogens (primary N) is 1. The van der Waals surface area contributed by atoms with Gasteiger partial charge in [0.2, 0.25) is 0 Å². The molecule has 0 spiro atoms. The maximum absolute atomic E-state index is 12.6. The molecule has 17 heavy (non-hydrogen) atoms. The first-order valence-electron chi connectivity index (χ1n) is 4.68. The second kappa shape index (κ2) is 5.45. The number of nitriles is 1. The molecule has 0 fully saturated rings. The molecule has 0 aliphatic heterocycles. The Bertz CT molecular complexity index is 379. The van der Waals surface area contributed by atoms with Crippen molar-refractivity contribution < 1.29 is 13.2 Å². The van der Waals surface area contributed by atoms with Crippen molar-refractivity contribution in [2.24, 2.45) is 10.7 Å². The quantitative estimate of drug-likeness (QED) is 0.474. The first-order valence-corrected chi connectivity index (χ1v) is 5.50. The Hall–Kier alpha value is -1.16. The van der Waals surface area contributed by atoms with E-state index in [-0.39, 0.29) is 5.84 Å². The highest BCUT2D eigenvalue weighted by Gasteiger charge is 2.38. The van der Waals surface area contributed by atoms with Gasteiger partial charge in [-0.15, -0.1) is 0 Å². The normalized spacial score (nSPS) is 15.3. The van der Waals surface area contributed by atoms with Crippen LogP contribution < -0.4 is 5.73 Å². The van der Waals surface area contributed by atoms with Crippen molar-refractivity contribution in [1.29, 1.82) is 5.26 Å². The molecule has 0 aromatic carbocycles. The molecule has 0 unspecified atom stereocenters. The average molecular weight is 265 g/mol. The molecule has 0 atom stereocenters. The molecule has 2 N–H and O–H groups in total. The SMILES string of the molecule is CC(N)=NC(SC(C)(C)C)=C(C#N)C(F)(F)F. The number of hydrogen-bond donors (Lipinski definition) is 1. The smallest absolute Gasteiger partial charge is 0.387 e. The van der Waals surface area contributed by atoms with E-state index < -0.39 is 21.5 Å². The van der Waals surface area contributed by atoms with Crippen LogP contribution >= 0.6 is 11.8 Å². The Kier molecular flexibility index (Phi) is 5.08. The summed E-state index contributed by atoms with van der Waals surface area (Å²) in [5.74, 6) is -0.0197. The Labute approximate surface area is 103 Å². The molecule has 0 aliphatic carbocycles. The minimum atomic E-state index is -4.72. The van der Waals surface area contributed by atoms with Gasteiger partial charge in [-0.05, 0) is 6.92 Å². The molecule has 0 bridgehead atoms. The van der Waals surface area contributed by atoms with Gasteiger partial charge in [0.25, 0.3) is 0 Å². The first-order chi connectivity index (χ1) is 7.47. The van der Waals surface area contributed by atoms with Gasteiger partial charge < -0.3 is 5.73 Å². The van der Waals surface area contributed by atoms with Gasteiger partial charge in [-0.2, -0.15) is 18.4 Å². The summed E-state index contributed by atoms with van der Waals surface area (Å²) in [7, 11) is 0. The minimum Gasteiger partial charge on any atom is -0.387 e. The maximum Gasteiger partial charge on any atom is 0.428 e. The van der Waals surface area contributed by atoms with E-state index in [0.29, 0.717) is 0 Å². The van der Waals surface area contributed by atoms with E-state index >= 15 is 0 Å². The molecule has 0 saturated carbocycles. The molecule has 0 aromatic rings. The summed E-state index contributed by atoms with van der Waals surface area (Å²) in [6.45, 7) is 6.55. The molecule has 0 aromatic heterocycles. The van der Waals surface area contributed by atoms with E-state index in [4.69, 9.17) is 11.0 Å². The summed E-state index contributed by atoms with van der Waals surface area (Å²) < 4.78 is 37.3. The summed E-state index contributed by atoms with van der Waals surface area (Å²) in [5, 5.41) is 8.19. The third-order valence-corrected chi connectivity index (χ3v) is 2.39. The van der Waals surface area contributed by atoms with Gasteiger partial charge in [-0.1, -0.05) is 32.5 Å². The van der Waals surface area contributed by atoms with E-state index in [2.05, 4.69) is 4.99 Å². The number of aliphatic imine (C=N–C) groups is 1. The van der Waals surface area contributed by atoms with Crippen LogP contribution in [0, 0.1) is 11.3 Å². The topological polar surface area (TPSA) is 62.2 Å². The van der Waals surface area contributed by atoms with E-state index in [9.17, 15) is 13.2 Å². The molecular formula is C10H14F3N3S. The van der Waals surface area contributed by atoms with Crippen LogP contribution in [0.5, 0.6) is 0 Å². The number of thioether (sulfide) groups is 1. The van der Waals surface area contributed by atoms with Crippen LogP contribution in [0.2, 0.25) is 0 Å². The van der Waals surface area contributed by atoms with Crippen LogP contribution in [0.4, 0.5) is 13.2 Å². The van der Waals surface area contributed by atoms with Gasteiger partial charge >= 0.3 is 6.18 Å². The zero-order chi connectivity index (χ0) is 13.9. The van der Waals surface area contributed by atoms with E-state index in [0.717, 1.165) is 17.8 Å². The number of amidine groups is 1. The second-order valence-electron chi connectivity index (χ2n) is 4.26. The lowest BCUT2D eigenvalue weighted by Gasteiger charge is -2.19. The van der Waals surface area contributed by atoms with E-state index in [1.54, 1.807) is 20.8 Å². The highest BCUT2D eigenvalue weighted by Crippen LogP contribution is 2.38. The Balaban J connectivity index is 5.67. The van der Waals surface area contributed by atoms with Crippen molar-refractivity contribution in [2.75, 3.05) is 0 Å². The second-order valence-corrected chi connectivity index (χ2v) is 6.07. The van der Waals surface area contributed by atoms with E-state index in [1.807, 2.05) is 0 Å². The van der Waals surface area contributed by atoms with Gasteiger partial charge in [0, 0.05) is 4.75 Å². The fourth-order valence-corrected chi connectivity index (χ4v) is 1.85. The maximum atomic E-state index is 12.6. The number of rotatable bonds is 2. The van der Waals surface area contributed by atoms with Crippen molar-refractivity contribution in [1.82, 2.24) is 0 Å². The van der Waals surface area contributed by atoms with Crippen LogP contribution in [-0.2, 0) is 0 Å². The highest BCUT2D eigenvalue weighted by molar-refractivity contribution is 8.04. The molecule has 0 heterocycles. The molecule has 0 aliphatic rings. The Morgan fingerprint density at radius 1 is 1.29 bits per heavy atom. The number of alkyl halides is 3. The van der Waals surface area contributed by atoms with Gasteiger partial charge in [-0.25, -0.2) is 4.99 Å². The molecule has 96 valence electrons. The zero-order valence-corrected chi connectivity index (χ0v) is 10.8. The molecule has 0 rings (SSSR count). The van der Waals surface area contributed by atoms with Crippen molar-refractivity contribution in [3.63, 3.8) is 0 Å². The van der Waals surface area contributed by atoms with Crippen molar-refractivity contribution in [3.05, 3.63) is 10.6 Å². The lowest BCUT2D eigenvalue weighted by molar-refractivity contribution is -0.0877. The predicted octanol–water partition coefficient (Wildman–Crippen LogP) is 3.19. The van der Waals surface area contributed by atoms with Gasteiger partial charge in [0.05, 0.1) is 5.84 Å². The standard InChI is InChI=1S/C10H14F3N3S/c1-6(15)16-8(17-9(2,3)4)7(5-14)10(11,12)13/h1-4H3,(H2,15,16). The monoisotopic (exact) mass is 265 g/mol. The zero-order valence-electron chi connectivity index (χ0n) is 10.0. The highest BCUT2D eigenvalue weighted by atomic mass is 32.2. The van der Waals surface area contributed by atoms with E-state index in [1.165, 1.54) is 6.92 Å². The third-order valence-electron chi connectivity index (χ3n) is 1.29. The summed E-state index contributed by atoms with van der Waals surface area (Å²) >= 11 is 0.859. The van der Waals surface area contributed by atoms with Gasteiger partial charge in [0.1, 0.15) is 11.1 Å². The van der Waals surface area contributed by atoms with Crippen molar-refractivity contribution in [3.8, 4) is 6.07 Å². The minimum absolute atomic E-state index is 0.0197. The Morgan fingerprint density at radius 2 is 1.76 bits per heavy atom. The van der Waals surface area contributed by atoms with Gasteiger partial charge in [0.15, 0.2) is 5.57 Å². The predicted molar refractivity (Wildman–Crippen MR) is 63.3 cm³/mol. The van der Waals surface area contributed by atoms with Crippen LogP contribution in [0.25, 0.3) is 0 Å². The fourth-order valence-electron chi connectivity index (χ4n) is 0.812. The third kappa shape index (κ3) is 6.22. The molecular weight excluding hydrogens is 251 g/mol. The largest absolute Gasteiger partial charge is 0.428 e. The van der Waals surface area contributed by atoms with Crippen molar-refractivity contribution in [2.45, 2.75) is 38.6 Å². The number of nitrogens with zero attached hydrogens (tertiary/aromatic N) is 2. The summed E-state index contributed by atoms with van der Waals surface area (Å²) in [4.78, 5) is 3.59. The molecule has 3 nitrogen and oxygen atoms in total. The molecule has 0 amide bonds. The number of hydrogen-bond acceptors (Lipinski definition) is 3. The number of allylic oxidation sites excluding steroid dienone is 1. The molecule has 7 heteroatoms.